The maximum Gasteiger partial charge on any atom is 0.246 e. The fraction of sp³-hybridized carbons (Fsp3) is 0.231. The highest BCUT2D eigenvalue weighted by atomic mass is 19.1. The number of benzene rings is 3. The molecule has 4 rings (SSSR count). The summed E-state index contributed by atoms with van der Waals surface area (Å²) < 4.78 is 40.5. The highest BCUT2D eigenvalue weighted by Crippen LogP contribution is 2.29. The Morgan fingerprint density at radius 3 is 2.56 bits per heavy atom. The SMILES string of the molecule is COCC(=O)N[C@@H](C)[C@H](Oc1ccc2c(cnn2-c2ccc(F)cc2)c1)c1ccc(C)c(F)c1. The Bertz CT molecular complexity index is 1300. The van der Waals surface area contributed by atoms with Crippen molar-refractivity contribution in [3.63, 3.8) is 0 Å². The van der Waals surface area contributed by atoms with Crippen LogP contribution in [0, 0.1) is 18.6 Å². The van der Waals surface area contributed by atoms with Gasteiger partial charge in [-0.2, -0.15) is 5.10 Å². The summed E-state index contributed by atoms with van der Waals surface area (Å²) in [5.74, 6) is -0.434. The normalized spacial score (nSPS) is 13.0. The van der Waals surface area contributed by atoms with Crippen LogP contribution in [0.1, 0.15) is 24.2 Å². The van der Waals surface area contributed by atoms with Crippen molar-refractivity contribution in [3.8, 4) is 11.4 Å². The van der Waals surface area contributed by atoms with E-state index in [2.05, 4.69) is 10.4 Å². The fourth-order valence-electron chi connectivity index (χ4n) is 3.77. The number of hydrogen-bond donors (Lipinski definition) is 1. The van der Waals surface area contributed by atoms with Crippen LogP contribution in [0.15, 0.2) is 66.9 Å². The van der Waals surface area contributed by atoms with Gasteiger partial charge in [-0.05, 0) is 73.5 Å². The zero-order valence-electron chi connectivity index (χ0n) is 19.1. The summed E-state index contributed by atoms with van der Waals surface area (Å²) in [6.45, 7) is 3.39. The van der Waals surface area contributed by atoms with Gasteiger partial charge in [-0.25, -0.2) is 13.5 Å². The van der Waals surface area contributed by atoms with Crippen molar-refractivity contribution in [2.75, 3.05) is 13.7 Å². The van der Waals surface area contributed by atoms with E-state index in [1.807, 2.05) is 12.1 Å². The summed E-state index contributed by atoms with van der Waals surface area (Å²) in [7, 11) is 1.44. The predicted octanol–water partition coefficient (Wildman–Crippen LogP) is 4.88. The molecule has 34 heavy (non-hydrogen) atoms. The summed E-state index contributed by atoms with van der Waals surface area (Å²) >= 11 is 0. The molecule has 0 aliphatic rings. The lowest BCUT2D eigenvalue weighted by atomic mass is 10.0. The Morgan fingerprint density at radius 1 is 1.09 bits per heavy atom. The van der Waals surface area contributed by atoms with E-state index in [1.54, 1.807) is 55.1 Å². The Balaban J connectivity index is 1.64. The number of nitrogens with one attached hydrogen (secondary N) is 1. The standard InChI is InChI=1S/C26H25F2N3O3/c1-16-4-5-18(13-23(16)28)26(17(2)30-25(32)15-33-3)34-22-10-11-24-19(12-22)14-29-31(24)21-8-6-20(27)7-9-21/h4-14,17,26H,15H2,1-3H3,(H,30,32)/t17-,26-/m0/s1. The second kappa shape index (κ2) is 10.0. The molecule has 0 spiro atoms. The Hall–Kier alpha value is -3.78. The van der Waals surface area contributed by atoms with Crippen molar-refractivity contribution >= 4 is 16.8 Å². The van der Waals surface area contributed by atoms with E-state index in [9.17, 15) is 13.6 Å². The number of carbonyl (C=O) groups is 1. The third-order valence-electron chi connectivity index (χ3n) is 5.52. The lowest BCUT2D eigenvalue weighted by molar-refractivity contribution is -0.126. The zero-order chi connectivity index (χ0) is 24.2. The van der Waals surface area contributed by atoms with E-state index < -0.39 is 12.1 Å². The second-order valence-electron chi connectivity index (χ2n) is 8.09. The molecule has 4 aromatic rings. The molecule has 6 nitrogen and oxygen atoms in total. The number of aryl methyl sites for hydroxylation is 1. The first-order valence-corrected chi connectivity index (χ1v) is 10.8. The molecular formula is C26H25F2N3O3. The Morgan fingerprint density at radius 2 is 1.85 bits per heavy atom. The molecule has 0 fully saturated rings. The maximum atomic E-state index is 14.3. The molecule has 2 atom stereocenters. The van der Waals surface area contributed by atoms with E-state index in [0.29, 0.717) is 16.9 Å². The highest BCUT2D eigenvalue weighted by Gasteiger charge is 2.24. The Labute approximate surface area is 196 Å². The largest absolute Gasteiger partial charge is 0.484 e. The van der Waals surface area contributed by atoms with Gasteiger partial charge in [-0.1, -0.05) is 12.1 Å². The van der Waals surface area contributed by atoms with Gasteiger partial charge < -0.3 is 14.8 Å². The molecule has 1 aromatic heterocycles. The third-order valence-corrected chi connectivity index (χ3v) is 5.52. The van der Waals surface area contributed by atoms with Crippen LogP contribution in [0.4, 0.5) is 8.78 Å². The summed E-state index contributed by atoms with van der Waals surface area (Å²) in [6.07, 6.45) is 1.04. The molecule has 1 N–H and O–H groups in total. The van der Waals surface area contributed by atoms with Crippen molar-refractivity contribution in [2.24, 2.45) is 0 Å². The Kier molecular flexibility index (Phi) is 6.88. The fourth-order valence-corrected chi connectivity index (χ4v) is 3.77. The van der Waals surface area contributed by atoms with Gasteiger partial charge >= 0.3 is 0 Å². The molecule has 8 heteroatoms. The van der Waals surface area contributed by atoms with Crippen LogP contribution >= 0.6 is 0 Å². The quantitative estimate of drug-likeness (QED) is 0.403. The number of hydrogen-bond acceptors (Lipinski definition) is 4. The van der Waals surface area contributed by atoms with Crippen LogP contribution in [-0.2, 0) is 9.53 Å². The summed E-state index contributed by atoms with van der Waals surface area (Å²) in [4.78, 5) is 12.1. The van der Waals surface area contributed by atoms with Crippen molar-refractivity contribution in [2.45, 2.75) is 26.0 Å². The molecule has 0 radical (unpaired) electrons. The minimum atomic E-state index is -0.652. The lowest BCUT2D eigenvalue weighted by Gasteiger charge is -2.27. The first-order chi connectivity index (χ1) is 16.4. The van der Waals surface area contributed by atoms with Crippen molar-refractivity contribution in [1.29, 1.82) is 0 Å². The summed E-state index contributed by atoms with van der Waals surface area (Å²) in [5.41, 5.74) is 2.66. The van der Waals surface area contributed by atoms with E-state index in [0.717, 1.165) is 16.6 Å². The number of carbonyl (C=O) groups excluding carboxylic acids is 1. The van der Waals surface area contributed by atoms with Gasteiger partial charge in [-0.15, -0.1) is 0 Å². The number of aromatic nitrogens is 2. The molecule has 3 aromatic carbocycles. The molecule has 0 aliphatic carbocycles. The van der Waals surface area contributed by atoms with Gasteiger partial charge in [0.05, 0.1) is 23.4 Å². The van der Waals surface area contributed by atoms with E-state index in [-0.39, 0.29) is 24.1 Å². The average molecular weight is 466 g/mol. The number of amides is 1. The molecule has 1 heterocycles. The number of methoxy groups -OCH3 is 1. The zero-order valence-corrected chi connectivity index (χ0v) is 19.1. The number of halogens is 2. The molecule has 1 amide bonds. The van der Waals surface area contributed by atoms with E-state index in [4.69, 9.17) is 9.47 Å². The van der Waals surface area contributed by atoms with Gasteiger partial charge in [0.1, 0.15) is 30.1 Å². The van der Waals surface area contributed by atoms with Gasteiger partial charge in [0.2, 0.25) is 5.91 Å². The van der Waals surface area contributed by atoms with E-state index >= 15 is 0 Å². The highest BCUT2D eigenvalue weighted by molar-refractivity contribution is 5.81. The van der Waals surface area contributed by atoms with Crippen LogP contribution in [0.25, 0.3) is 16.6 Å². The first kappa shape index (κ1) is 23.4. The molecule has 176 valence electrons. The van der Waals surface area contributed by atoms with Gasteiger partial charge in [0, 0.05) is 12.5 Å². The van der Waals surface area contributed by atoms with Gasteiger partial charge in [-0.3, -0.25) is 4.79 Å². The number of rotatable bonds is 8. The molecule has 0 aliphatic heterocycles. The topological polar surface area (TPSA) is 65.4 Å². The van der Waals surface area contributed by atoms with Crippen molar-refractivity contribution in [1.82, 2.24) is 15.1 Å². The number of ether oxygens (including phenoxy) is 2. The first-order valence-electron chi connectivity index (χ1n) is 10.8. The number of nitrogens with zero attached hydrogens (tertiary/aromatic N) is 2. The van der Waals surface area contributed by atoms with Crippen LogP contribution in [0.5, 0.6) is 5.75 Å². The lowest BCUT2D eigenvalue weighted by Crippen LogP contribution is -2.40. The van der Waals surface area contributed by atoms with Crippen molar-refractivity contribution < 1.29 is 23.0 Å². The van der Waals surface area contributed by atoms with Crippen LogP contribution in [-0.4, -0.2) is 35.4 Å². The average Bonchev–Trinajstić information content (AvgIpc) is 3.23. The molecule has 0 saturated carbocycles. The molecular weight excluding hydrogens is 440 g/mol. The summed E-state index contributed by atoms with van der Waals surface area (Å²) in [5, 5.41) is 8.06. The van der Waals surface area contributed by atoms with Gasteiger partial charge in [0.25, 0.3) is 0 Å². The van der Waals surface area contributed by atoms with Crippen molar-refractivity contribution in [3.05, 3.63) is 89.6 Å². The summed E-state index contributed by atoms with van der Waals surface area (Å²) in [6, 6.07) is 15.9. The van der Waals surface area contributed by atoms with Crippen LogP contribution in [0.3, 0.4) is 0 Å². The van der Waals surface area contributed by atoms with E-state index in [1.165, 1.54) is 25.3 Å². The molecule has 0 bridgehead atoms. The monoisotopic (exact) mass is 465 g/mol. The molecule has 0 saturated heterocycles. The smallest absolute Gasteiger partial charge is 0.246 e. The maximum absolute atomic E-state index is 14.3. The minimum absolute atomic E-state index is 0.0894. The van der Waals surface area contributed by atoms with Gasteiger partial charge in [0.15, 0.2) is 0 Å². The predicted molar refractivity (Wildman–Crippen MR) is 125 cm³/mol. The van der Waals surface area contributed by atoms with Crippen LogP contribution in [0.2, 0.25) is 0 Å². The second-order valence-corrected chi connectivity index (χ2v) is 8.09. The minimum Gasteiger partial charge on any atom is -0.484 e. The number of fused-ring (bicyclic) bond motifs is 1. The molecule has 0 unspecified atom stereocenters. The third kappa shape index (κ3) is 5.07. The van der Waals surface area contributed by atoms with Crippen LogP contribution < -0.4 is 10.1 Å².